The number of nitrogens with zero attached hydrogens (tertiary/aromatic N) is 4. The first-order chi connectivity index (χ1) is 13.1. The highest BCUT2D eigenvalue weighted by atomic mass is 16.5. The fourth-order valence-electron chi connectivity index (χ4n) is 3.70. The quantitative estimate of drug-likeness (QED) is 0.752. The molecule has 3 aromatic rings. The second-order valence-corrected chi connectivity index (χ2v) is 7.33. The molecule has 2 unspecified atom stereocenters. The number of benzene rings is 1. The second-order valence-electron chi connectivity index (χ2n) is 7.33. The van der Waals surface area contributed by atoms with Crippen molar-refractivity contribution in [3.8, 4) is 0 Å². The largest absolute Gasteiger partial charge is 0.379 e. The normalized spacial score (nSPS) is 19.4. The molecule has 1 aliphatic rings. The predicted molar refractivity (Wildman–Crippen MR) is 108 cm³/mol. The van der Waals surface area contributed by atoms with Gasteiger partial charge in [0.2, 0.25) is 5.95 Å². The Morgan fingerprint density at radius 2 is 2.00 bits per heavy atom. The van der Waals surface area contributed by atoms with Crippen molar-refractivity contribution in [1.29, 1.82) is 0 Å². The second kappa shape index (κ2) is 7.48. The van der Waals surface area contributed by atoms with E-state index in [-0.39, 0.29) is 6.04 Å². The number of hydrogen-bond donors (Lipinski definition) is 1. The maximum Gasteiger partial charge on any atom is 0.224 e. The molecule has 0 aliphatic carbocycles. The summed E-state index contributed by atoms with van der Waals surface area (Å²) >= 11 is 0. The van der Waals surface area contributed by atoms with Crippen LogP contribution in [0.5, 0.6) is 0 Å². The van der Waals surface area contributed by atoms with Crippen molar-refractivity contribution in [2.45, 2.75) is 19.4 Å². The van der Waals surface area contributed by atoms with E-state index in [0.717, 1.165) is 29.9 Å². The van der Waals surface area contributed by atoms with Gasteiger partial charge in [-0.25, -0.2) is 4.98 Å². The minimum atomic E-state index is 0.189. The summed E-state index contributed by atoms with van der Waals surface area (Å²) in [5, 5.41) is 4.71. The van der Waals surface area contributed by atoms with Crippen LogP contribution in [-0.2, 0) is 11.2 Å². The summed E-state index contributed by atoms with van der Waals surface area (Å²) in [7, 11) is 3.99. The van der Waals surface area contributed by atoms with Crippen LogP contribution < -0.4 is 10.2 Å². The molecule has 6 nitrogen and oxygen atoms in total. The summed E-state index contributed by atoms with van der Waals surface area (Å²) in [6, 6.07) is 10.6. The predicted octanol–water partition coefficient (Wildman–Crippen LogP) is 3.07. The molecule has 27 heavy (non-hydrogen) atoms. The van der Waals surface area contributed by atoms with E-state index in [0.29, 0.717) is 18.5 Å². The number of aryl methyl sites for hydroxylation is 1. The van der Waals surface area contributed by atoms with Crippen molar-refractivity contribution in [3.63, 3.8) is 0 Å². The van der Waals surface area contributed by atoms with Crippen molar-refractivity contribution < 1.29 is 4.74 Å². The number of ether oxygens (including phenoxy) is 1. The monoisotopic (exact) mass is 363 g/mol. The topological polar surface area (TPSA) is 63.2 Å². The summed E-state index contributed by atoms with van der Waals surface area (Å²) in [6.45, 7) is 3.43. The molecule has 0 spiro atoms. The third-order valence-electron chi connectivity index (χ3n) is 5.10. The molecule has 0 bridgehead atoms. The molecule has 0 amide bonds. The average molecular weight is 363 g/mol. The number of nitrogens with one attached hydrogen (secondary N) is 1. The van der Waals surface area contributed by atoms with E-state index in [1.165, 1.54) is 10.9 Å². The molecule has 4 rings (SSSR count). The Labute approximate surface area is 159 Å². The first kappa shape index (κ1) is 17.7. The lowest BCUT2D eigenvalue weighted by molar-refractivity contribution is 0.185. The standard InChI is InChI=1S/C21H25N5O/c1-14-11-23-21(25-20(14)26(2)3)24-19-13-27-12-16(19)10-15-8-9-22-18-7-5-4-6-17(15)18/h4-9,11,16,19H,10,12-13H2,1-3H3,(H,23,24,25). The van der Waals surface area contributed by atoms with Crippen molar-refractivity contribution in [2.75, 3.05) is 37.5 Å². The Kier molecular flexibility index (Phi) is 4.90. The highest BCUT2D eigenvalue weighted by Gasteiger charge is 2.29. The number of hydrogen-bond acceptors (Lipinski definition) is 6. The van der Waals surface area contributed by atoms with Gasteiger partial charge in [-0.2, -0.15) is 4.98 Å². The lowest BCUT2D eigenvalue weighted by atomic mass is 9.93. The fraction of sp³-hybridized carbons (Fsp3) is 0.381. The van der Waals surface area contributed by atoms with Gasteiger partial charge in [0.05, 0.1) is 24.8 Å². The van der Waals surface area contributed by atoms with E-state index in [4.69, 9.17) is 4.74 Å². The van der Waals surface area contributed by atoms with Crippen molar-refractivity contribution in [1.82, 2.24) is 15.0 Å². The number of pyridine rings is 1. The van der Waals surface area contributed by atoms with E-state index >= 15 is 0 Å². The van der Waals surface area contributed by atoms with Gasteiger partial charge in [0.15, 0.2) is 0 Å². The van der Waals surface area contributed by atoms with Gasteiger partial charge >= 0.3 is 0 Å². The van der Waals surface area contributed by atoms with Gasteiger partial charge in [-0.1, -0.05) is 18.2 Å². The van der Waals surface area contributed by atoms with Crippen LogP contribution in [0.25, 0.3) is 10.9 Å². The maximum absolute atomic E-state index is 5.78. The molecular weight excluding hydrogens is 338 g/mol. The Hall–Kier alpha value is -2.73. The molecule has 1 saturated heterocycles. The molecule has 1 N–H and O–H groups in total. The first-order valence-corrected chi connectivity index (χ1v) is 9.29. The van der Waals surface area contributed by atoms with Crippen molar-refractivity contribution in [2.24, 2.45) is 5.92 Å². The van der Waals surface area contributed by atoms with Gasteiger partial charge in [-0.3, -0.25) is 4.98 Å². The Balaban J connectivity index is 1.53. The van der Waals surface area contributed by atoms with Gasteiger partial charge in [0.25, 0.3) is 0 Å². The van der Waals surface area contributed by atoms with Gasteiger partial charge in [-0.15, -0.1) is 0 Å². The van der Waals surface area contributed by atoms with E-state index in [2.05, 4.69) is 44.5 Å². The molecular formula is C21H25N5O. The number of para-hydroxylation sites is 1. The molecule has 1 aromatic carbocycles. The van der Waals surface area contributed by atoms with Crippen LogP contribution in [0.15, 0.2) is 42.7 Å². The van der Waals surface area contributed by atoms with Crippen LogP contribution in [0.1, 0.15) is 11.1 Å². The fourth-order valence-corrected chi connectivity index (χ4v) is 3.70. The zero-order valence-corrected chi connectivity index (χ0v) is 16.0. The number of fused-ring (bicyclic) bond motifs is 1. The van der Waals surface area contributed by atoms with Crippen molar-refractivity contribution >= 4 is 22.7 Å². The van der Waals surface area contributed by atoms with Crippen LogP contribution in [-0.4, -0.2) is 48.3 Å². The molecule has 0 radical (unpaired) electrons. The summed E-state index contributed by atoms with van der Waals surface area (Å²) in [4.78, 5) is 15.6. The summed E-state index contributed by atoms with van der Waals surface area (Å²) < 4.78 is 5.78. The first-order valence-electron chi connectivity index (χ1n) is 9.29. The molecule has 2 atom stereocenters. The van der Waals surface area contributed by atoms with Crippen LogP contribution in [0.2, 0.25) is 0 Å². The zero-order valence-electron chi connectivity index (χ0n) is 16.0. The highest BCUT2D eigenvalue weighted by Crippen LogP contribution is 2.26. The van der Waals surface area contributed by atoms with E-state index in [1.54, 1.807) is 0 Å². The SMILES string of the molecule is Cc1cnc(NC2COCC2Cc2ccnc3ccccc23)nc1N(C)C. The maximum atomic E-state index is 5.78. The Morgan fingerprint density at radius 1 is 1.15 bits per heavy atom. The van der Waals surface area contributed by atoms with Crippen molar-refractivity contribution in [3.05, 3.63) is 53.9 Å². The van der Waals surface area contributed by atoms with Gasteiger partial charge < -0.3 is 15.0 Å². The molecule has 6 heteroatoms. The molecule has 1 aliphatic heterocycles. The molecule has 1 fully saturated rings. The van der Waals surface area contributed by atoms with E-state index < -0.39 is 0 Å². The van der Waals surface area contributed by atoms with Crippen LogP contribution >= 0.6 is 0 Å². The Morgan fingerprint density at radius 3 is 2.85 bits per heavy atom. The van der Waals surface area contributed by atoms with Gasteiger partial charge in [0.1, 0.15) is 5.82 Å². The van der Waals surface area contributed by atoms with Gasteiger partial charge in [0, 0.05) is 43.4 Å². The third-order valence-corrected chi connectivity index (χ3v) is 5.10. The summed E-state index contributed by atoms with van der Waals surface area (Å²) in [5.74, 6) is 1.95. The van der Waals surface area contributed by atoms with E-state index in [9.17, 15) is 0 Å². The highest BCUT2D eigenvalue weighted by molar-refractivity contribution is 5.81. The zero-order chi connectivity index (χ0) is 18.8. The van der Waals surface area contributed by atoms with Gasteiger partial charge in [-0.05, 0) is 31.0 Å². The molecule has 2 aromatic heterocycles. The van der Waals surface area contributed by atoms with Crippen LogP contribution in [0, 0.1) is 12.8 Å². The third kappa shape index (κ3) is 3.71. The Bertz CT molecular complexity index is 938. The molecule has 3 heterocycles. The minimum absolute atomic E-state index is 0.189. The smallest absolute Gasteiger partial charge is 0.224 e. The molecule has 0 saturated carbocycles. The summed E-state index contributed by atoms with van der Waals surface area (Å²) in [6.07, 6.45) is 4.70. The molecule has 140 valence electrons. The number of aromatic nitrogens is 3. The van der Waals surface area contributed by atoms with E-state index in [1.807, 2.05) is 44.4 Å². The number of rotatable bonds is 5. The lowest BCUT2D eigenvalue weighted by Crippen LogP contribution is -2.30. The van der Waals surface area contributed by atoms with Crippen LogP contribution in [0.3, 0.4) is 0 Å². The average Bonchev–Trinajstić information content (AvgIpc) is 3.10. The summed E-state index contributed by atoms with van der Waals surface area (Å²) in [5.41, 5.74) is 3.41. The minimum Gasteiger partial charge on any atom is -0.379 e. The lowest BCUT2D eigenvalue weighted by Gasteiger charge is -2.21. The van der Waals surface area contributed by atoms with Crippen LogP contribution in [0.4, 0.5) is 11.8 Å². The number of anilines is 2.